The first kappa shape index (κ1) is 15.1. The normalized spacial score (nSPS) is 16.0. The SMILES string of the molecule is Nc1ccc(OC2CCN(C(=O)[O-])CC2)c(OC(F)F)c1. The van der Waals surface area contributed by atoms with Crippen molar-refractivity contribution in [2.75, 3.05) is 18.8 Å². The number of rotatable bonds is 4. The van der Waals surface area contributed by atoms with Gasteiger partial charge >= 0.3 is 6.61 Å². The predicted molar refractivity (Wildman–Crippen MR) is 68.1 cm³/mol. The van der Waals surface area contributed by atoms with Gasteiger partial charge in [0, 0.05) is 37.7 Å². The van der Waals surface area contributed by atoms with E-state index in [0.29, 0.717) is 12.8 Å². The molecule has 0 spiro atoms. The maximum absolute atomic E-state index is 12.4. The van der Waals surface area contributed by atoms with Crippen molar-refractivity contribution in [3.8, 4) is 11.5 Å². The molecule has 1 aliphatic rings. The number of amides is 1. The summed E-state index contributed by atoms with van der Waals surface area (Å²) in [5.41, 5.74) is 5.81. The molecule has 1 aromatic carbocycles. The number of piperidine rings is 1. The van der Waals surface area contributed by atoms with Crippen LogP contribution in [0.1, 0.15) is 12.8 Å². The van der Waals surface area contributed by atoms with Crippen LogP contribution in [-0.2, 0) is 0 Å². The summed E-state index contributed by atoms with van der Waals surface area (Å²) in [6.45, 7) is -2.41. The summed E-state index contributed by atoms with van der Waals surface area (Å²) in [5, 5.41) is 10.7. The van der Waals surface area contributed by atoms with Gasteiger partial charge in [0.1, 0.15) is 12.2 Å². The highest BCUT2D eigenvalue weighted by atomic mass is 19.3. The van der Waals surface area contributed by atoms with E-state index in [4.69, 9.17) is 10.5 Å². The van der Waals surface area contributed by atoms with Crippen molar-refractivity contribution in [1.82, 2.24) is 4.90 Å². The molecule has 1 aromatic rings. The summed E-state index contributed by atoms with van der Waals surface area (Å²) in [4.78, 5) is 11.9. The molecular weight excluding hydrogens is 286 g/mol. The highest BCUT2D eigenvalue weighted by molar-refractivity contribution is 5.62. The third-order valence-electron chi connectivity index (χ3n) is 3.18. The summed E-state index contributed by atoms with van der Waals surface area (Å²) in [6, 6.07) is 4.24. The highest BCUT2D eigenvalue weighted by Gasteiger charge is 2.22. The van der Waals surface area contributed by atoms with Gasteiger partial charge in [-0.15, -0.1) is 0 Å². The molecule has 0 aliphatic carbocycles. The van der Waals surface area contributed by atoms with E-state index in [0.717, 1.165) is 0 Å². The van der Waals surface area contributed by atoms with E-state index < -0.39 is 12.7 Å². The number of anilines is 1. The molecule has 0 radical (unpaired) electrons. The second-order valence-corrected chi connectivity index (χ2v) is 4.65. The number of ether oxygens (including phenoxy) is 2. The standard InChI is InChI=1S/C13H16F2N2O4/c14-12(15)21-11-7-8(16)1-2-10(11)20-9-3-5-17(6-4-9)13(18)19/h1-2,7,9,12H,3-6,16H2,(H,18,19)/p-1. The van der Waals surface area contributed by atoms with E-state index in [2.05, 4.69) is 4.74 Å². The number of carbonyl (C=O) groups excluding carboxylic acids is 1. The quantitative estimate of drug-likeness (QED) is 0.840. The first-order valence-electron chi connectivity index (χ1n) is 6.42. The fourth-order valence-electron chi connectivity index (χ4n) is 2.15. The topological polar surface area (TPSA) is 87.9 Å². The first-order valence-corrected chi connectivity index (χ1v) is 6.42. The molecule has 0 unspecified atom stereocenters. The van der Waals surface area contributed by atoms with Crippen LogP contribution in [-0.4, -0.2) is 36.8 Å². The molecule has 0 bridgehead atoms. The molecule has 8 heteroatoms. The van der Waals surface area contributed by atoms with Crippen LogP contribution in [0.3, 0.4) is 0 Å². The lowest BCUT2D eigenvalue weighted by Crippen LogP contribution is -2.47. The molecule has 0 aromatic heterocycles. The van der Waals surface area contributed by atoms with E-state index in [1.165, 1.54) is 23.1 Å². The minimum atomic E-state index is -2.98. The number of carboxylic acid groups (broad SMARTS) is 1. The van der Waals surface area contributed by atoms with E-state index in [-0.39, 0.29) is 36.4 Å². The number of halogens is 2. The zero-order chi connectivity index (χ0) is 15.4. The Hall–Kier alpha value is -2.25. The van der Waals surface area contributed by atoms with Gasteiger partial charge in [0.2, 0.25) is 0 Å². The van der Waals surface area contributed by atoms with Crippen molar-refractivity contribution in [2.24, 2.45) is 0 Å². The van der Waals surface area contributed by atoms with Crippen molar-refractivity contribution >= 4 is 11.8 Å². The summed E-state index contributed by atoms with van der Waals surface area (Å²) >= 11 is 0. The smallest absolute Gasteiger partial charge is 0.387 e. The molecule has 1 amide bonds. The van der Waals surface area contributed by atoms with E-state index in [1.807, 2.05) is 0 Å². The Morgan fingerprint density at radius 3 is 2.57 bits per heavy atom. The number of nitrogen functional groups attached to an aromatic ring is 1. The lowest BCUT2D eigenvalue weighted by Gasteiger charge is -2.33. The van der Waals surface area contributed by atoms with Crippen LogP contribution in [0.5, 0.6) is 11.5 Å². The van der Waals surface area contributed by atoms with Crippen LogP contribution in [0.4, 0.5) is 19.3 Å². The Balaban J connectivity index is 2.01. The minimum absolute atomic E-state index is 0.132. The molecule has 2 rings (SSSR count). The van der Waals surface area contributed by atoms with Crippen molar-refractivity contribution in [2.45, 2.75) is 25.6 Å². The van der Waals surface area contributed by atoms with Crippen LogP contribution in [0, 0.1) is 0 Å². The number of hydrogen-bond acceptors (Lipinski definition) is 5. The largest absolute Gasteiger partial charge is 0.530 e. The Labute approximate surface area is 120 Å². The monoisotopic (exact) mass is 301 g/mol. The Morgan fingerprint density at radius 1 is 1.33 bits per heavy atom. The van der Waals surface area contributed by atoms with Crippen molar-refractivity contribution < 1.29 is 28.2 Å². The molecule has 0 atom stereocenters. The van der Waals surface area contributed by atoms with Gasteiger partial charge in [0.25, 0.3) is 0 Å². The molecule has 2 N–H and O–H groups in total. The van der Waals surface area contributed by atoms with Gasteiger partial charge in [-0.3, -0.25) is 0 Å². The molecule has 21 heavy (non-hydrogen) atoms. The van der Waals surface area contributed by atoms with E-state index in [1.54, 1.807) is 0 Å². The van der Waals surface area contributed by atoms with Gasteiger partial charge in [-0.2, -0.15) is 8.78 Å². The highest BCUT2D eigenvalue weighted by Crippen LogP contribution is 2.32. The summed E-state index contributed by atoms with van der Waals surface area (Å²) in [6.07, 6.45) is -0.592. The Bertz CT molecular complexity index is 505. The average molecular weight is 301 g/mol. The number of hydrogen-bond donors (Lipinski definition) is 1. The number of likely N-dealkylation sites (tertiary alicyclic amines) is 1. The zero-order valence-electron chi connectivity index (χ0n) is 11.1. The zero-order valence-corrected chi connectivity index (χ0v) is 11.1. The molecule has 6 nitrogen and oxygen atoms in total. The number of benzene rings is 1. The van der Waals surface area contributed by atoms with Crippen LogP contribution < -0.4 is 20.3 Å². The molecule has 1 heterocycles. The number of nitrogens with two attached hydrogens (primary N) is 1. The fourth-order valence-corrected chi connectivity index (χ4v) is 2.15. The van der Waals surface area contributed by atoms with Gasteiger partial charge in [-0.25, -0.2) is 0 Å². The first-order chi connectivity index (χ1) is 9.95. The Morgan fingerprint density at radius 2 is 2.00 bits per heavy atom. The third kappa shape index (κ3) is 4.11. The second kappa shape index (κ2) is 6.47. The number of nitrogens with zero attached hydrogens (tertiary/aromatic N) is 1. The molecule has 1 fully saturated rings. The van der Waals surface area contributed by atoms with Crippen molar-refractivity contribution in [3.63, 3.8) is 0 Å². The van der Waals surface area contributed by atoms with Crippen molar-refractivity contribution in [1.29, 1.82) is 0 Å². The van der Waals surface area contributed by atoms with Crippen LogP contribution in [0.15, 0.2) is 18.2 Å². The molecule has 1 aliphatic heterocycles. The van der Waals surface area contributed by atoms with Gasteiger partial charge in [-0.1, -0.05) is 0 Å². The average Bonchev–Trinajstić information content (AvgIpc) is 2.42. The third-order valence-corrected chi connectivity index (χ3v) is 3.18. The molecule has 0 saturated carbocycles. The summed E-state index contributed by atoms with van der Waals surface area (Å²) < 4.78 is 34.7. The van der Waals surface area contributed by atoms with Crippen LogP contribution in [0.2, 0.25) is 0 Å². The summed E-state index contributed by atoms with van der Waals surface area (Å²) in [5.74, 6) is 0.0312. The van der Waals surface area contributed by atoms with Gasteiger partial charge in [-0.05, 0) is 12.1 Å². The van der Waals surface area contributed by atoms with Crippen LogP contribution in [0.25, 0.3) is 0 Å². The van der Waals surface area contributed by atoms with E-state index in [9.17, 15) is 18.7 Å². The second-order valence-electron chi connectivity index (χ2n) is 4.65. The van der Waals surface area contributed by atoms with Gasteiger partial charge in [0.05, 0.1) is 0 Å². The minimum Gasteiger partial charge on any atom is -0.530 e. The lowest BCUT2D eigenvalue weighted by molar-refractivity contribution is -0.266. The molecular formula is C13H15F2N2O4-. The molecule has 1 saturated heterocycles. The predicted octanol–water partition coefficient (Wildman–Crippen LogP) is 1.06. The number of alkyl halides is 2. The van der Waals surface area contributed by atoms with Crippen LogP contribution >= 0.6 is 0 Å². The lowest BCUT2D eigenvalue weighted by atomic mass is 10.1. The van der Waals surface area contributed by atoms with Gasteiger partial charge in [0.15, 0.2) is 11.5 Å². The van der Waals surface area contributed by atoms with E-state index >= 15 is 0 Å². The Kier molecular flexibility index (Phi) is 4.66. The van der Waals surface area contributed by atoms with Crippen molar-refractivity contribution in [3.05, 3.63) is 18.2 Å². The maximum atomic E-state index is 12.4. The maximum Gasteiger partial charge on any atom is 0.387 e. The fraction of sp³-hybridized carbons (Fsp3) is 0.462. The van der Waals surface area contributed by atoms with Gasteiger partial charge < -0.3 is 30.0 Å². The summed E-state index contributed by atoms with van der Waals surface area (Å²) in [7, 11) is 0. The molecule has 116 valence electrons. The number of carbonyl (C=O) groups is 1.